The Balaban J connectivity index is 1.35. The van der Waals surface area contributed by atoms with Crippen LogP contribution in [-0.2, 0) is 0 Å². The maximum Gasteiger partial charge on any atom is 0.135 e. The molecule has 0 spiro atoms. The zero-order valence-electron chi connectivity index (χ0n) is 22.7. The second-order valence-corrected chi connectivity index (χ2v) is 11.9. The summed E-state index contributed by atoms with van der Waals surface area (Å²) in [5.74, 6) is 0.905. The Bertz CT molecular complexity index is 2390. The first-order valence-corrected chi connectivity index (χ1v) is 15.1. The van der Waals surface area contributed by atoms with E-state index in [0.717, 1.165) is 16.9 Å². The fraction of sp³-hybridized carbons (Fsp3) is 0. The summed E-state index contributed by atoms with van der Waals surface area (Å²) >= 11 is 1.85. The highest BCUT2D eigenvalue weighted by Crippen LogP contribution is 2.46. The molecule has 2 heterocycles. The molecule has 0 unspecified atom stereocenters. The number of hydrogen-bond acceptors (Lipinski definition) is 2. The zero-order chi connectivity index (χ0) is 27.6. The molecule has 0 fully saturated rings. The minimum absolute atomic E-state index is 0.905. The van der Waals surface area contributed by atoms with Crippen molar-refractivity contribution >= 4 is 64.0 Å². The van der Waals surface area contributed by atoms with Crippen molar-refractivity contribution in [2.75, 3.05) is 0 Å². The average Bonchev–Trinajstić information content (AvgIpc) is 3.65. The van der Waals surface area contributed by atoms with Crippen molar-refractivity contribution in [2.45, 2.75) is 0 Å². The predicted molar refractivity (Wildman–Crippen MR) is 180 cm³/mol. The van der Waals surface area contributed by atoms with E-state index in [-0.39, 0.29) is 0 Å². The first kappa shape index (κ1) is 23.5. The Hall–Kier alpha value is -5.18. The molecule has 7 aromatic carbocycles. The molecule has 0 N–H and O–H groups in total. The minimum atomic E-state index is 0.905. The lowest BCUT2D eigenvalue weighted by Gasteiger charge is -2.17. The summed E-state index contributed by atoms with van der Waals surface area (Å²) in [7, 11) is 0. The third-order valence-electron chi connectivity index (χ3n) is 8.47. The predicted octanol–water partition coefficient (Wildman–Crippen LogP) is 12.1. The summed E-state index contributed by atoms with van der Waals surface area (Å²) in [4.78, 5) is 0. The van der Waals surface area contributed by atoms with E-state index in [9.17, 15) is 0 Å². The highest BCUT2D eigenvalue weighted by Gasteiger charge is 2.18. The monoisotopic (exact) mass is 552 g/mol. The van der Waals surface area contributed by atoms with Crippen LogP contribution in [0.15, 0.2) is 150 Å². The van der Waals surface area contributed by atoms with Gasteiger partial charge in [0.25, 0.3) is 0 Å². The summed E-state index contributed by atoms with van der Waals surface area (Å²) in [6.45, 7) is 0. The van der Waals surface area contributed by atoms with Gasteiger partial charge in [-0.1, -0.05) is 115 Å². The van der Waals surface area contributed by atoms with E-state index in [4.69, 9.17) is 4.42 Å². The normalized spacial score (nSPS) is 11.8. The van der Waals surface area contributed by atoms with Gasteiger partial charge in [0.05, 0.1) is 0 Å². The Kier molecular flexibility index (Phi) is 5.13. The van der Waals surface area contributed by atoms with Crippen LogP contribution in [-0.4, -0.2) is 0 Å². The molecule has 0 aliphatic heterocycles. The summed E-state index contributed by atoms with van der Waals surface area (Å²) in [6, 6.07) is 52.4. The maximum atomic E-state index is 6.37. The lowest BCUT2D eigenvalue weighted by Crippen LogP contribution is -1.90. The number of thiophene rings is 1. The minimum Gasteiger partial charge on any atom is -0.456 e. The molecule has 9 aromatic rings. The van der Waals surface area contributed by atoms with Crippen LogP contribution < -0.4 is 0 Å². The molecule has 0 amide bonds. The average molecular weight is 553 g/mol. The van der Waals surface area contributed by atoms with Crippen molar-refractivity contribution in [1.82, 2.24) is 0 Å². The standard InChI is InChI=1S/C40H24OS/c1-3-11-25(12-4-1)35-24-32-34(41-35)20-22-37-40(32)33-23-27(19-21-36(33)42-37)39-30-17-9-7-15-28(30)38(26-13-5-2-6-14-26)29-16-8-10-18-31(29)39/h1-24H. The van der Waals surface area contributed by atoms with Crippen LogP contribution >= 0.6 is 11.3 Å². The van der Waals surface area contributed by atoms with Gasteiger partial charge in [0.1, 0.15) is 11.3 Å². The Morgan fingerprint density at radius 2 is 0.929 bits per heavy atom. The van der Waals surface area contributed by atoms with Crippen molar-refractivity contribution in [1.29, 1.82) is 0 Å². The lowest BCUT2D eigenvalue weighted by atomic mass is 9.86. The third-order valence-corrected chi connectivity index (χ3v) is 9.61. The molecule has 0 aliphatic carbocycles. The molecule has 9 rings (SSSR count). The molecule has 1 nitrogen and oxygen atoms in total. The number of rotatable bonds is 3. The Morgan fingerprint density at radius 1 is 0.381 bits per heavy atom. The molecule has 42 heavy (non-hydrogen) atoms. The first-order chi connectivity index (χ1) is 20.8. The fourth-order valence-corrected chi connectivity index (χ4v) is 7.74. The number of benzene rings is 7. The highest BCUT2D eigenvalue weighted by molar-refractivity contribution is 7.26. The Labute approximate surface area is 246 Å². The van der Waals surface area contributed by atoms with Crippen LogP contribution in [0.5, 0.6) is 0 Å². The second kappa shape index (κ2) is 9.17. The molecule has 196 valence electrons. The quantitative estimate of drug-likeness (QED) is 0.199. The van der Waals surface area contributed by atoms with Gasteiger partial charge < -0.3 is 4.42 Å². The van der Waals surface area contributed by atoms with Gasteiger partial charge in [-0.3, -0.25) is 0 Å². The smallest absolute Gasteiger partial charge is 0.135 e. The number of furan rings is 1. The molecule has 0 saturated heterocycles. The largest absolute Gasteiger partial charge is 0.456 e. The SMILES string of the molecule is c1ccc(-c2cc3c(ccc4sc5ccc(-c6c7ccccc7c(-c7ccccc7)c7ccccc67)cc5c43)o2)cc1. The lowest BCUT2D eigenvalue weighted by molar-refractivity contribution is 0.632. The molecule has 0 aliphatic rings. The molecule has 0 radical (unpaired) electrons. The third kappa shape index (κ3) is 3.49. The molecule has 2 heteroatoms. The van der Waals surface area contributed by atoms with Gasteiger partial charge in [-0.25, -0.2) is 0 Å². The highest BCUT2D eigenvalue weighted by atomic mass is 32.1. The van der Waals surface area contributed by atoms with E-state index in [0.29, 0.717) is 0 Å². The van der Waals surface area contributed by atoms with Gasteiger partial charge in [0.15, 0.2) is 0 Å². The van der Waals surface area contributed by atoms with Crippen LogP contribution in [0.3, 0.4) is 0 Å². The summed E-state index contributed by atoms with van der Waals surface area (Å²) in [5, 5.41) is 8.81. The van der Waals surface area contributed by atoms with Crippen LogP contribution in [0.4, 0.5) is 0 Å². The van der Waals surface area contributed by atoms with Gasteiger partial charge >= 0.3 is 0 Å². The van der Waals surface area contributed by atoms with E-state index in [2.05, 4.69) is 140 Å². The van der Waals surface area contributed by atoms with Crippen LogP contribution in [0.25, 0.3) is 86.3 Å². The molecular weight excluding hydrogens is 529 g/mol. The van der Waals surface area contributed by atoms with Crippen molar-refractivity contribution in [3.63, 3.8) is 0 Å². The molecule has 0 saturated carbocycles. The van der Waals surface area contributed by atoms with Crippen molar-refractivity contribution < 1.29 is 4.42 Å². The summed E-state index contributed by atoms with van der Waals surface area (Å²) < 4.78 is 8.94. The van der Waals surface area contributed by atoms with Crippen molar-refractivity contribution in [2.24, 2.45) is 0 Å². The van der Waals surface area contributed by atoms with Crippen molar-refractivity contribution in [3.05, 3.63) is 146 Å². The van der Waals surface area contributed by atoms with E-state index in [1.807, 2.05) is 17.4 Å². The van der Waals surface area contributed by atoms with Crippen LogP contribution in [0.1, 0.15) is 0 Å². The first-order valence-electron chi connectivity index (χ1n) is 14.3. The molecular formula is C40H24OS. The molecule has 2 aromatic heterocycles. The van der Waals surface area contributed by atoms with Gasteiger partial charge in [-0.05, 0) is 74.1 Å². The van der Waals surface area contributed by atoms with E-state index >= 15 is 0 Å². The molecule has 0 atom stereocenters. The van der Waals surface area contributed by atoms with Gasteiger partial charge in [0, 0.05) is 31.1 Å². The maximum absolute atomic E-state index is 6.37. The Morgan fingerprint density at radius 3 is 1.57 bits per heavy atom. The van der Waals surface area contributed by atoms with Gasteiger partial charge in [0.2, 0.25) is 0 Å². The fourth-order valence-electron chi connectivity index (χ4n) is 6.64. The topological polar surface area (TPSA) is 13.1 Å². The molecule has 0 bridgehead atoms. The van der Waals surface area contributed by atoms with Crippen LogP contribution in [0.2, 0.25) is 0 Å². The van der Waals surface area contributed by atoms with E-state index in [1.165, 1.54) is 69.4 Å². The second-order valence-electron chi connectivity index (χ2n) is 10.8. The summed E-state index contributed by atoms with van der Waals surface area (Å²) in [6.07, 6.45) is 0. The van der Waals surface area contributed by atoms with Gasteiger partial charge in [-0.2, -0.15) is 0 Å². The number of fused-ring (bicyclic) bond motifs is 7. The van der Waals surface area contributed by atoms with E-state index < -0.39 is 0 Å². The summed E-state index contributed by atoms with van der Waals surface area (Å²) in [5.41, 5.74) is 7.08. The number of hydrogen-bond donors (Lipinski definition) is 0. The van der Waals surface area contributed by atoms with Crippen molar-refractivity contribution in [3.8, 4) is 33.6 Å². The van der Waals surface area contributed by atoms with E-state index in [1.54, 1.807) is 0 Å². The van der Waals surface area contributed by atoms with Crippen LogP contribution in [0, 0.1) is 0 Å². The zero-order valence-corrected chi connectivity index (χ0v) is 23.5. The van der Waals surface area contributed by atoms with Gasteiger partial charge in [-0.15, -0.1) is 11.3 Å².